The van der Waals surface area contributed by atoms with E-state index in [0.717, 1.165) is 66.4 Å². The van der Waals surface area contributed by atoms with E-state index in [1.807, 2.05) is 36.8 Å². The lowest BCUT2D eigenvalue weighted by molar-refractivity contribution is 0.187. The number of hydrogen-bond donors (Lipinski definition) is 1. The van der Waals surface area contributed by atoms with Gasteiger partial charge in [0.25, 0.3) is 0 Å². The molecule has 1 atom stereocenters. The molecule has 176 valence electrons. The molecule has 0 saturated carbocycles. The van der Waals surface area contributed by atoms with E-state index in [-0.39, 0.29) is 11.5 Å². The quantitative estimate of drug-likeness (QED) is 0.481. The van der Waals surface area contributed by atoms with Crippen molar-refractivity contribution in [1.82, 2.24) is 24.4 Å². The Bertz CT molecular complexity index is 1400. The summed E-state index contributed by atoms with van der Waals surface area (Å²) in [6.07, 6.45) is 6.64. The van der Waals surface area contributed by atoms with Crippen LogP contribution in [0.15, 0.2) is 36.7 Å². The molecule has 1 aliphatic carbocycles. The number of anilines is 1. The number of aromatic nitrogens is 5. The molecule has 2 aliphatic rings. The van der Waals surface area contributed by atoms with Gasteiger partial charge in [-0.2, -0.15) is 10.2 Å². The maximum Gasteiger partial charge on any atom is 0.155 e. The van der Waals surface area contributed by atoms with Crippen LogP contribution < -0.4 is 15.4 Å². The average Bonchev–Trinajstić information content (AvgIpc) is 3.52. The number of nitrogens with two attached hydrogens (primary N) is 1. The predicted molar refractivity (Wildman–Crippen MR) is 132 cm³/mol. The molecule has 9 heteroatoms. The zero-order valence-electron chi connectivity index (χ0n) is 19.6. The number of hydrogen-bond acceptors (Lipinski definition) is 6. The molecule has 0 unspecified atom stereocenters. The Morgan fingerprint density at radius 3 is 2.68 bits per heavy atom. The van der Waals surface area contributed by atoms with Crippen LogP contribution in [-0.2, 0) is 13.5 Å². The first-order valence-electron chi connectivity index (χ1n) is 11.6. The van der Waals surface area contributed by atoms with E-state index in [2.05, 4.69) is 27.2 Å². The van der Waals surface area contributed by atoms with E-state index < -0.39 is 0 Å². The third-order valence-corrected chi connectivity index (χ3v) is 8.22. The van der Waals surface area contributed by atoms with Gasteiger partial charge >= 0.3 is 0 Å². The van der Waals surface area contributed by atoms with E-state index in [9.17, 15) is 0 Å². The molecule has 4 heterocycles. The van der Waals surface area contributed by atoms with Gasteiger partial charge in [0.1, 0.15) is 16.4 Å². The summed E-state index contributed by atoms with van der Waals surface area (Å²) >= 11 is 6.51. The zero-order chi connectivity index (χ0) is 23.6. The minimum absolute atomic E-state index is 0.0273. The monoisotopic (exact) mass is 477 g/mol. The van der Waals surface area contributed by atoms with Crippen molar-refractivity contribution in [2.75, 3.05) is 25.1 Å². The molecule has 2 N–H and O–H groups in total. The lowest BCUT2D eigenvalue weighted by Gasteiger charge is -2.42. The maximum atomic E-state index is 6.84. The number of aryl methyl sites for hydroxylation is 2. The molecule has 1 aromatic carbocycles. The molecule has 1 aliphatic heterocycles. The molecule has 1 spiro atoms. The first-order chi connectivity index (χ1) is 16.4. The van der Waals surface area contributed by atoms with Crippen LogP contribution in [0.25, 0.3) is 16.8 Å². The van der Waals surface area contributed by atoms with Gasteiger partial charge in [0.15, 0.2) is 5.82 Å². The summed E-state index contributed by atoms with van der Waals surface area (Å²) in [5.41, 5.74) is 13.1. The fraction of sp³-hybridized carbons (Fsp3) is 0.400. The Balaban J connectivity index is 1.31. The Hall–Kier alpha value is -3.10. The van der Waals surface area contributed by atoms with Crippen LogP contribution >= 0.6 is 11.6 Å². The second-order valence-electron chi connectivity index (χ2n) is 9.54. The van der Waals surface area contributed by atoms with Crippen molar-refractivity contribution in [1.29, 1.82) is 0 Å². The second kappa shape index (κ2) is 7.71. The van der Waals surface area contributed by atoms with Crippen molar-refractivity contribution in [3.63, 3.8) is 0 Å². The van der Waals surface area contributed by atoms with E-state index in [0.29, 0.717) is 5.15 Å². The van der Waals surface area contributed by atoms with Gasteiger partial charge in [0.2, 0.25) is 0 Å². The number of piperidine rings is 1. The Morgan fingerprint density at radius 1 is 1.18 bits per heavy atom. The predicted octanol–water partition coefficient (Wildman–Crippen LogP) is 3.94. The van der Waals surface area contributed by atoms with Crippen molar-refractivity contribution in [2.45, 2.75) is 32.2 Å². The highest BCUT2D eigenvalue weighted by Crippen LogP contribution is 2.52. The minimum Gasteiger partial charge on any atom is -0.497 e. The van der Waals surface area contributed by atoms with Crippen LogP contribution in [0.2, 0.25) is 5.15 Å². The lowest BCUT2D eigenvalue weighted by atomic mass is 9.73. The highest BCUT2D eigenvalue weighted by molar-refractivity contribution is 6.32. The summed E-state index contributed by atoms with van der Waals surface area (Å²) in [5, 5.41) is 9.48. The molecule has 34 heavy (non-hydrogen) atoms. The van der Waals surface area contributed by atoms with Crippen molar-refractivity contribution < 1.29 is 4.74 Å². The third-order valence-electron chi connectivity index (χ3n) is 7.77. The normalized spacial score (nSPS) is 19.2. The van der Waals surface area contributed by atoms with E-state index in [1.165, 1.54) is 11.1 Å². The molecular formula is C25H28ClN7O. The number of nitrogens with zero attached hydrogens (tertiary/aromatic N) is 6. The molecule has 1 saturated heterocycles. The first kappa shape index (κ1) is 21.4. The van der Waals surface area contributed by atoms with Crippen molar-refractivity contribution in [2.24, 2.45) is 18.2 Å². The molecule has 0 radical (unpaired) electrons. The number of benzene rings is 1. The Labute approximate surface area is 203 Å². The highest BCUT2D eigenvalue weighted by Gasteiger charge is 2.46. The van der Waals surface area contributed by atoms with Gasteiger partial charge in [0.05, 0.1) is 36.5 Å². The number of methoxy groups -OCH3 is 1. The summed E-state index contributed by atoms with van der Waals surface area (Å²) in [5.74, 6) is 1.83. The van der Waals surface area contributed by atoms with Gasteiger partial charge in [-0.25, -0.2) is 9.50 Å². The Morgan fingerprint density at radius 2 is 1.97 bits per heavy atom. The molecule has 1 fully saturated rings. The summed E-state index contributed by atoms with van der Waals surface area (Å²) < 4.78 is 9.03. The highest BCUT2D eigenvalue weighted by atomic mass is 35.5. The Kier molecular flexibility index (Phi) is 4.86. The van der Waals surface area contributed by atoms with Crippen molar-refractivity contribution in [3.05, 3.63) is 58.6 Å². The molecule has 0 bridgehead atoms. The van der Waals surface area contributed by atoms with Gasteiger partial charge in [-0.1, -0.05) is 17.7 Å². The van der Waals surface area contributed by atoms with Gasteiger partial charge < -0.3 is 15.4 Å². The van der Waals surface area contributed by atoms with E-state index in [1.54, 1.807) is 18.0 Å². The second-order valence-corrected chi connectivity index (χ2v) is 9.90. The first-order valence-corrected chi connectivity index (χ1v) is 12.0. The minimum atomic E-state index is 0.0273. The molecule has 4 aromatic rings. The summed E-state index contributed by atoms with van der Waals surface area (Å²) in [4.78, 5) is 7.42. The van der Waals surface area contributed by atoms with E-state index in [4.69, 9.17) is 27.1 Å². The number of ether oxygens (including phenoxy) is 1. The fourth-order valence-electron chi connectivity index (χ4n) is 5.82. The van der Waals surface area contributed by atoms with E-state index >= 15 is 0 Å². The van der Waals surface area contributed by atoms with Gasteiger partial charge in [-0.15, -0.1) is 0 Å². The number of halogens is 1. The topological polar surface area (TPSA) is 86.5 Å². The zero-order valence-corrected chi connectivity index (χ0v) is 20.4. The molecular weight excluding hydrogens is 450 g/mol. The smallest absolute Gasteiger partial charge is 0.155 e. The van der Waals surface area contributed by atoms with Crippen LogP contribution in [0, 0.1) is 12.3 Å². The third kappa shape index (κ3) is 3.05. The van der Waals surface area contributed by atoms with Crippen molar-refractivity contribution in [3.8, 4) is 17.0 Å². The summed E-state index contributed by atoms with van der Waals surface area (Å²) in [6, 6.07) is 8.38. The largest absolute Gasteiger partial charge is 0.497 e. The van der Waals surface area contributed by atoms with Gasteiger partial charge in [-0.05, 0) is 60.9 Å². The summed E-state index contributed by atoms with van der Waals surface area (Å²) in [6.45, 7) is 3.81. The number of rotatable bonds is 3. The number of fused-ring (bicyclic) bond motifs is 2. The molecule has 3 aromatic heterocycles. The van der Waals surface area contributed by atoms with Crippen LogP contribution in [0.3, 0.4) is 0 Å². The molecule has 8 nitrogen and oxygen atoms in total. The van der Waals surface area contributed by atoms with Crippen LogP contribution in [0.1, 0.15) is 35.7 Å². The molecule has 0 amide bonds. The van der Waals surface area contributed by atoms with Gasteiger partial charge in [-0.3, -0.25) is 4.68 Å². The van der Waals surface area contributed by atoms with Crippen LogP contribution in [-0.4, -0.2) is 44.6 Å². The maximum absolute atomic E-state index is 6.84. The SMILES string of the molecule is COc1ccc2c(c1)[C@@H](N)C1(CCN(c3nc(C)c(-c4cnn(C)c4Cl)n4nccc34)CC1)C2. The standard InChI is InChI=1S/C25H28ClN7O/c1-15-21(19-14-29-31(2)23(19)26)33-20(6-9-28-33)24(30-15)32-10-7-25(8-11-32)13-16-4-5-17(34-3)12-18(16)22(25)27/h4-6,9,12,14,22H,7-8,10-11,13,27H2,1-3H3/t22-/m1/s1. The fourth-order valence-corrected chi connectivity index (χ4v) is 6.00. The molecule has 6 rings (SSSR count). The van der Waals surface area contributed by atoms with Crippen LogP contribution in [0.4, 0.5) is 5.82 Å². The summed E-state index contributed by atoms with van der Waals surface area (Å²) in [7, 11) is 3.53. The van der Waals surface area contributed by atoms with Crippen LogP contribution in [0.5, 0.6) is 5.75 Å². The van der Waals surface area contributed by atoms with Gasteiger partial charge in [0, 0.05) is 26.2 Å². The van der Waals surface area contributed by atoms with Crippen molar-refractivity contribution >= 4 is 22.9 Å². The lowest BCUT2D eigenvalue weighted by Crippen LogP contribution is -2.44. The average molecular weight is 478 g/mol.